The van der Waals surface area contributed by atoms with Crippen molar-refractivity contribution >= 4 is 28.3 Å². The number of piperidine rings is 1. The summed E-state index contributed by atoms with van der Waals surface area (Å²) in [6.07, 6.45) is 1.52. The van der Waals surface area contributed by atoms with E-state index in [9.17, 15) is 9.59 Å². The van der Waals surface area contributed by atoms with Crippen LogP contribution in [0.3, 0.4) is 0 Å². The third-order valence-corrected chi connectivity index (χ3v) is 6.03. The first-order chi connectivity index (χ1) is 15.5. The number of fused-ring (bicyclic) bond motifs is 1. The molecule has 32 heavy (non-hydrogen) atoms. The molecular weight excluding hydrogens is 404 g/mol. The molecule has 0 saturated carbocycles. The summed E-state index contributed by atoms with van der Waals surface area (Å²) in [6.45, 7) is 2.99. The van der Waals surface area contributed by atoms with Crippen LogP contribution < -0.4 is 14.8 Å². The van der Waals surface area contributed by atoms with Crippen LogP contribution in [0.25, 0.3) is 10.8 Å². The van der Waals surface area contributed by atoms with Crippen molar-refractivity contribution in [3.63, 3.8) is 0 Å². The summed E-state index contributed by atoms with van der Waals surface area (Å²) in [5.41, 5.74) is 2.32. The number of amides is 2. The van der Waals surface area contributed by atoms with E-state index in [1.165, 1.54) is 0 Å². The Labute approximate surface area is 188 Å². The molecule has 1 aliphatic rings. The highest BCUT2D eigenvalue weighted by Crippen LogP contribution is 2.31. The van der Waals surface area contributed by atoms with Crippen LogP contribution in [0.4, 0.5) is 5.69 Å². The number of methoxy groups -OCH3 is 2. The van der Waals surface area contributed by atoms with E-state index in [0.717, 1.165) is 34.9 Å². The molecule has 1 atom stereocenters. The van der Waals surface area contributed by atoms with E-state index >= 15 is 0 Å². The lowest BCUT2D eigenvalue weighted by molar-refractivity contribution is -0.121. The SMILES string of the molecule is COc1ccc(C)cc1NC(=O)[C@H]1CCCN(C(=O)c2ccc(OC)c3ccccc23)C1. The van der Waals surface area contributed by atoms with Crippen LogP contribution >= 0.6 is 0 Å². The van der Waals surface area contributed by atoms with Gasteiger partial charge in [-0.1, -0.05) is 30.3 Å². The maximum atomic E-state index is 13.4. The first-order valence-corrected chi connectivity index (χ1v) is 10.8. The molecule has 2 amide bonds. The number of anilines is 1. The smallest absolute Gasteiger partial charge is 0.254 e. The number of benzene rings is 3. The fourth-order valence-electron chi connectivity index (χ4n) is 4.34. The average Bonchev–Trinajstić information content (AvgIpc) is 2.83. The van der Waals surface area contributed by atoms with Crippen molar-refractivity contribution in [2.45, 2.75) is 19.8 Å². The Bertz CT molecular complexity index is 1160. The summed E-state index contributed by atoms with van der Waals surface area (Å²) >= 11 is 0. The molecule has 3 aromatic rings. The molecule has 0 unspecified atom stereocenters. The van der Waals surface area contributed by atoms with Gasteiger partial charge < -0.3 is 19.7 Å². The number of carbonyl (C=O) groups is 2. The molecule has 4 rings (SSSR count). The summed E-state index contributed by atoms with van der Waals surface area (Å²) in [5.74, 6) is 0.931. The highest BCUT2D eigenvalue weighted by Gasteiger charge is 2.30. The highest BCUT2D eigenvalue weighted by molar-refractivity contribution is 6.08. The predicted molar refractivity (Wildman–Crippen MR) is 125 cm³/mol. The van der Waals surface area contributed by atoms with Crippen LogP contribution in [0.5, 0.6) is 11.5 Å². The number of aryl methyl sites for hydroxylation is 1. The first kappa shape index (κ1) is 21.7. The predicted octanol–water partition coefficient (Wildman–Crippen LogP) is 4.66. The van der Waals surface area contributed by atoms with Crippen LogP contribution in [0, 0.1) is 12.8 Å². The Morgan fingerprint density at radius 2 is 1.69 bits per heavy atom. The van der Waals surface area contributed by atoms with Gasteiger partial charge in [-0.2, -0.15) is 0 Å². The van der Waals surface area contributed by atoms with Crippen LogP contribution in [0.1, 0.15) is 28.8 Å². The number of hydrogen-bond acceptors (Lipinski definition) is 4. The molecular formula is C26H28N2O4. The van der Waals surface area contributed by atoms with Crippen molar-refractivity contribution in [1.29, 1.82) is 0 Å². The zero-order valence-corrected chi connectivity index (χ0v) is 18.7. The molecule has 0 radical (unpaired) electrons. The van der Waals surface area contributed by atoms with Crippen molar-refractivity contribution in [2.24, 2.45) is 5.92 Å². The molecule has 166 valence electrons. The van der Waals surface area contributed by atoms with Crippen molar-refractivity contribution < 1.29 is 19.1 Å². The number of hydrogen-bond donors (Lipinski definition) is 1. The van der Waals surface area contributed by atoms with Gasteiger partial charge in [0.2, 0.25) is 5.91 Å². The zero-order chi connectivity index (χ0) is 22.7. The summed E-state index contributed by atoms with van der Waals surface area (Å²) in [6, 6.07) is 17.0. The molecule has 0 bridgehead atoms. The quantitative estimate of drug-likeness (QED) is 0.637. The minimum atomic E-state index is -0.276. The maximum Gasteiger partial charge on any atom is 0.254 e. The number of carbonyl (C=O) groups excluding carboxylic acids is 2. The van der Waals surface area contributed by atoms with E-state index < -0.39 is 0 Å². The Balaban J connectivity index is 1.53. The van der Waals surface area contributed by atoms with Gasteiger partial charge in [0.15, 0.2) is 0 Å². The minimum Gasteiger partial charge on any atom is -0.496 e. The lowest BCUT2D eigenvalue weighted by Gasteiger charge is -2.32. The van der Waals surface area contributed by atoms with Gasteiger partial charge in [-0.15, -0.1) is 0 Å². The summed E-state index contributed by atoms with van der Waals surface area (Å²) in [5, 5.41) is 4.75. The van der Waals surface area contributed by atoms with E-state index in [1.54, 1.807) is 19.1 Å². The van der Waals surface area contributed by atoms with Gasteiger partial charge >= 0.3 is 0 Å². The Hall–Kier alpha value is -3.54. The Kier molecular flexibility index (Phi) is 6.30. The van der Waals surface area contributed by atoms with Gasteiger partial charge in [-0.25, -0.2) is 0 Å². The van der Waals surface area contributed by atoms with E-state index in [0.29, 0.717) is 30.1 Å². The molecule has 3 aromatic carbocycles. The zero-order valence-electron chi connectivity index (χ0n) is 18.7. The topological polar surface area (TPSA) is 67.9 Å². The number of nitrogens with one attached hydrogen (secondary N) is 1. The lowest BCUT2D eigenvalue weighted by atomic mass is 9.95. The second-order valence-electron chi connectivity index (χ2n) is 8.14. The Morgan fingerprint density at radius 3 is 2.44 bits per heavy atom. The van der Waals surface area contributed by atoms with Crippen LogP contribution in [0.2, 0.25) is 0 Å². The molecule has 0 aliphatic carbocycles. The van der Waals surface area contributed by atoms with Crippen molar-refractivity contribution in [2.75, 3.05) is 32.6 Å². The van der Waals surface area contributed by atoms with E-state index in [2.05, 4.69) is 5.32 Å². The highest BCUT2D eigenvalue weighted by atomic mass is 16.5. The van der Waals surface area contributed by atoms with Gasteiger partial charge in [-0.3, -0.25) is 9.59 Å². The number of nitrogens with zero attached hydrogens (tertiary/aromatic N) is 1. The van der Waals surface area contributed by atoms with Crippen molar-refractivity contribution in [3.05, 3.63) is 65.7 Å². The minimum absolute atomic E-state index is 0.0607. The van der Waals surface area contributed by atoms with Gasteiger partial charge in [-0.05, 0) is 55.0 Å². The average molecular weight is 433 g/mol. The third-order valence-electron chi connectivity index (χ3n) is 6.03. The second kappa shape index (κ2) is 9.30. The van der Waals surface area contributed by atoms with Gasteiger partial charge in [0.05, 0.1) is 25.8 Å². The molecule has 6 heteroatoms. The number of rotatable bonds is 5. The summed E-state index contributed by atoms with van der Waals surface area (Å²) in [4.78, 5) is 28.2. The fourth-order valence-corrected chi connectivity index (χ4v) is 4.34. The standard InChI is InChI=1S/C26H28N2O4/c1-17-10-12-24(32-3)22(15-17)27-25(29)18-7-6-14-28(16-18)26(30)21-11-13-23(31-2)20-9-5-4-8-19(20)21/h4-5,8-13,15,18H,6-7,14,16H2,1-3H3,(H,27,29)/t18-/m0/s1. The Morgan fingerprint density at radius 1 is 0.969 bits per heavy atom. The van der Waals surface area contributed by atoms with Crippen LogP contribution in [-0.2, 0) is 4.79 Å². The summed E-state index contributed by atoms with van der Waals surface area (Å²) in [7, 11) is 3.21. The number of likely N-dealkylation sites (tertiary alicyclic amines) is 1. The van der Waals surface area contributed by atoms with Crippen LogP contribution in [0.15, 0.2) is 54.6 Å². The number of ether oxygens (including phenoxy) is 2. The van der Waals surface area contributed by atoms with E-state index in [4.69, 9.17) is 9.47 Å². The van der Waals surface area contributed by atoms with Gasteiger partial charge in [0.25, 0.3) is 5.91 Å². The molecule has 1 saturated heterocycles. The fraction of sp³-hybridized carbons (Fsp3) is 0.308. The van der Waals surface area contributed by atoms with E-state index in [-0.39, 0.29) is 17.7 Å². The molecule has 1 heterocycles. The molecule has 6 nitrogen and oxygen atoms in total. The van der Waals surface area contributed by atoms with Crippen molar-refractivity contribution in [3.8, 4) is 11.5 Å². The van der Waals surface area contributed by atoms with Crippen LogP contribution in [-0.4, -0.2) is 44.0 Å². The summed E-state index contributed by atoms with van der Waals surface area (Å²) < 4.78 is 10.8. The third kappa shape index (κ3) is 4.26. The normalized spacial score (nSPS) is 16.0. The van der Waals surface area contributed by atoms with Gasteiger partial charge in [0, 0.05) is 24.0 Å². The van der Waals surface area contributed by atoms with Gasteiger partial charge in [0.1, 0.15) is 11.5 Å². The lowest BCUT2D eigenvalue weighted by Crippen LogP contribution is -2.43. The second-order valence-corrected chi connectivity index (χ2v) is 8.14. The molecule has 1 N–H and O–H groups in total. The molecule has 1 aliphatic heterocycles. The monoisotopic (exact) mass is 432 g/mol. The van der Waals surface area contributed by atoms with Crippen molar-refractivity contribution in [1.82, 2.24) is 4.90 Å². The first-order valence-electron chi connectivity index (χ1n) is 10.8. The molecule has 0 aromatic heterocycles. The molecule has 1 fully saturated rings. The maximum absolute atomic E-state index is 13.4. The van der Waals surface area contributed by atoms with E-state index in [1.807, 2.05) is 61.5 Å². The molecule has 0 spiro atoms. The largest absolute Gasteiger partial charge is 0.496 e.